The largest absolute Gasteiger partial charge is 0.389 e. The van der Waals surface area contributed by atoms with E-state index >= 15 is 0 Å². The lowest BCUT2D eigenvalue weighted by Crippen LogP contribution is -2.37. The second-order valence-electron chi connectivity index (χ2n) is 6.87. The van der Waals surface area contributed by atoms with E-state index in [-0.39, 0.29) is 18.4 Å². The predicted molar refractivity (Wildman–Crippen MR) is 91.3 cm³/mol. The molecule has 1 atom stereocenters. The lowest BCUT2D eigenvalue weighted by Gasteiger charge is -2.28. The van der Waals surface area contributed by atoms with Crippen LogP contribution in [-0.2, 0) is 4.79 Å². The summed E-state index contributed by atoms with van der Waals surface area (Å²) in [4.78, 5) is 19.4. The van der Waals surface area contributed by atoms with Gasteiger partial charge in [0.25, 0.3) is 0 Å². The van der Waals surface area contributed by atoms with Crippen molar-refractivity contribution < 1.29 is 9.90 Å². The lowest BCUT2D eigenvalue weighted by molar-refractivity contribution is -0.137. The van der Waals surface area contributed by atoms with Gasteiger partial charge in [0, 0.05) is 6.54 Å². The van der Waals surface area contributed by atoms with Crippen LogP contribution < -0.4 is 0 Å². The van der Waals surface area contributed by atoms with Crippen molar-refractivity contribution in [2.24, 2.45) is 0 Å². The summed E-state index contributed by atoms with van der Waals surface area (Å²) in [6.45, 7) is 0.787. The van der Waals surface area contributed by atoms with Gasteiger partial charge >= 0.3 is 0 Å². The highest BCUT2D eigenvalue weighted by molar-refractivity contribution is 7.18. The predicted octanol–water partition coefficient (Wildman–Crippen LogP) is 3.66. The van der Waals surface area contributed by atoms with Crippen LogP contribution in [0.2, 0.25) is 0 Å². The van der Waals surface area contributed by atoms with E-state index in [0.29, 0.717) is 0 Å². The minimum absolute atomic E-state index is 0.0879. The van der Waals surface area contributed by atoms with E-state index in [1.165, 1.54) is 4.70 Å². The van der Waals surface area contributed by atoms with E-state index in [1.807, 2.05) is 23.1 Å². The molecule has 1 saturated carbocycles. The summed E-state index contributed by atoms with van der Waals surface area (Å²) in [5.41, 5.74) is 0.249. The van der Waals surface area contributed by atoms with Crippen LogP contribution in [-0.4, -0.2) is 33.0 Å². The number of carbonyl (C=O) groups excluding carboxylic acids is 1. The zero-order valence-electron chi connectivity index (χ0n) is 13.2. The van der Waals surface area contributed by atoms with Crippen LogP contribution in [0.3, 0.4) is 0 Å². The number of amides is 1. The topological polar surface area (TPSA) is 53.4 Å². The van der Waals surface area contributed by atoms with Gasteiger partial charge in [0.15, 0.2) is 0 Å². The van der Waals surface area contributed by atoms with E-state index < -0.39 is 5.60 Å². The van der Waals surface area contributed by atoms with Gasteiger partial charge in [-0.3, -0.25) is 4.79 Å². The van der Waals surface area contributed by atoms with Gasteiger partial charge in [0.1, 0.15) is 5.01 Å². The van der Waals surface area contributed by atoms with E-state index in [2.05, 4.69) is 6.07 Å². The quantitative estimate of drug-likeness (QED) is 0.934. The van der Waals surface area contributed by atoms with Crippen molar-refractivity contribution in [2.45, 2.75) is 56.6 Å². The average Bonchev–Trinajstić information content (AvgIpc) is 3.25. The number of aromatic nitrogens is 1. The second-order valence-corrected chi connectivity index (χ2v) is 7.94. The number of aliphatic hydroxyl groups is 1. The van der Waals surface area contributed by atoms with Crippen LogP contribution in [0.15, 0.2) is 24.3 Å². The number of para-hydroxylation sites is 1. The Morgan fingerprint density at radius 2 is 2.09 bits per heavy atom. The lowest BCUT2D eigenvalue weighted by atomic mass is 9.97. The van der Waals surface area contributed by atoms with Crippen molar-refractivity contribution in [3.05, 3.63) is 29.3 Å². The van der Waals surface area contributed by atoms with Gasteiger partial charge in [0.2, 0.25) is 5.91 Å². The molecule has 2 fully saturated rings. The Labute approximate surface area is 140 Å². The zero-order valence-corrected chi connectivity index (χ0v) is 14.0. The van der Waals surface area contributed by atoms with Crippen LogP contribution in [0, 0.1) is 0 Å². The first-order valence-electron chi connectivity index (χ1n) is 8.52. The smallest absolute Gasteiger partial charge is 0.226 e. The van der Waals surface area contributed by atoms with Crippen molar-refractivity contribution in [3.8, 4) is 0 Å². The number of carbonyl (C=O) groups is 1. The van der Waals surface area contributed by atoms with Crippen molar-refractivity contribution in [2.75, 3.05) is 6.54 Å². The highest BCUT2D eigenvalue weighted by Gasteiger charge is 2.38. The Morgan fingerprint density at radius 3 is 2.87 bits per heavy atom. The minimum atomic E-state index is -0.766. The Hall–Kier alpha value is -1.46. The summed E-state index contributed by atoms with van der Waals surface area (Å²) in [5, 5.41) is 11.6. The first-order chi connectivity index (χ1) is 11.1. The molecular weight excluding hydrogens is 308 g/mol. The summed E-state index contributed by atoms with van der Waals surface area (Å²) in [6, 6.07) is 8.22. The summed E-state index contributed by atoms with van der Waals surface area (Å²) in [5.74, 6) is 0.0937. The van der Waals surface area contributed by atoms with Crippen LogP contribution >= 0.6 is 11.3 Å². The molecule has 1 unspecified atom stereocenters. The number of fused-ring (bicyclic) bond motifs is 1. The number of hydrogen-bond donors (Lipinski definition) is 1. The van der Waals surface area contributed by atoms with Crippen molar-refractivity contribution in [1.29, 1.82) is 0 Å². The molecule has 4 rings (SSSR count). The molecule has 0 radical (unpaired) electrons. The molecule has 0 spiro atoms. The van der Waals surface area contributed by atoms with E-state index in [1.54, 1.807) is 11.3 Å². The zero-order chi connectivity index (χ0) is 15.9. The number of nitrogens with zero attached hydrogens (tertiary/aromatic N) is 2. The second kappa shape index (κ2) is 5.87. The minimum Gasteiger partial charge on any atom is -0.389 e. The molecular formula is C18H22N2O2S. The highest BCUT2D eigenvalue weighted by atomic mass is 32.1. The fourth-order valence-corrected chi connectivity index (χ4v) is 5.06. The summed E-state index contributed by atoms with van der Waals surface area (Å²) >= 11 is 1.69. The molecule has 5 heteroatoms. The maximum atomic E-state index is 12.7. The van der Waals surface area contributed by atoms with Gasteiger partial charge in [-0.05, 0) is 37.8 Å². The molecule has 0 bridgehead atoms. The molecule has 1 aliphatic heterocycles. The Balaban J connectivity index is 1.55. The van der Waals surface area contributed by atoms with Gasteiger partial charge in [-0.15, -0.1) is 11.3 Å². The fourth-order valence-electron chi connectivity index (χ4n) is 3.95. The molecule has 2 heterocycles. The summed E-state index contributed by atoms with van der Waals surface area (Å²) < 4.78 is 1.18. The fraction of sp³-hybridized carbons (Fsp3) is 0.556. The number of benzene rings is 1. The van der Waals surface area contributed by atoms with E-state index in [0.717, 1.165) is 55.6 Å². The molecule has 1 aliphatic carbocycles. The van der Waals surface area contributed by atoms with Crippen molar-refractivity contribution in [1.82, 2.24) is 9.88 Å². The standard InChI is InChI=1S/C18H22N2O2S/c21-16(12-18(22)9-3-4-10-18)20-11-5-7-14(20)17-19-13-6-1-2-8-15(13)23-17/h1-2,6,8,14,22H,3-5,7,9-12H2. The molecule has 122 valence electrons. The third-order valence-electron chi connectivity index (χ3n) is 5.18. The molecule has 1 saturated heterocycles. The molecule has 1 amide bonds. The van der Waals surface area contributed by atoms with Gasteiger partial charge in [-0.1, -0.05) is 25.0 Å². The van der Waals surface area contributed by atoms with E-state index in [9.17, 15) is 9.90 Å². The molecule has 2 aliphatic rings. The van der Waals surface area contributed by atoms with E-state index in [4.69, 9.17) is 4.98 Å². The molecule has 1 N–H and O–H groups in total. The maximum absolute atomic E-state index is 12.7. The number of rotatable bonds is 3. The highest BCUT2D eigenvalue weighted by Crippen LogP contribution is 2.39. The Bertz CT molecular complexity index is 688. The first-order valence-corrected chi connectivity index (χ1v) is 9.34. The molecule has 1 aromatic heterocycles. The van der Waals surface area contributed by atoms with Gasteiger partial charge < -0.3 is 10.0 Å². The molecule has 2 aromatic rings. The first kappa shape index (κ1) is 15.1. The SMILES string of the molecule is O=C(CC1(O)CCCC1)N1CCCC1c1nc2ccccc2s1. The number of thiazole rings is 1. The van der Waals surface area contributed by atoms with Crippen molar-refractivity contribution in [3.63, 3.8) is 0 Å². The van der Waals surface area contributed by atoms with Crippen LogP contribution in [0.5, 0.6) is 0 Å². The molecule has 4 nitrogen and oxygen atoms in total. The molecule has 23 heavy (non-hydrogen) atoms. The number of likely N-dealkylation sites (tertiary alicyclic amines) is 1. The van der Waals surface area contributed by atoms with Gasteiger partial charge in [0.05, 0.1) is 28.3 Å². The maximum Gasteiger partial charge on any atom is 0.226 e. The van der Waals surface area contributed by atoms with Crippen molar-refractivity contribution >= 4 is 27.5 Å². The Kier molecular flexibility index (Phi) is 3.85. The van der Waals surface area contributed by atoms with Crippen LogP contribution in [0.4, 0.5) is 0 Å². The number of hydrogen-bond acceptors (Lipinski definition) is 4. The summed E-state index contributed by atoms with van der Waals surface area (Å²) in [6.07, 6.45) is 5.86. The normalized spacial score (nSPS) is 23.7. The van der Waals surface area contributed by atoms with Gasteiger partial charge in [-0.25, -0.2) is 4.98 Å². The Morgan fingerprint density at radius 1 is 1.30 bits per heavy atom. The van der Waals surface area contributed by atoms with Crippen LogP contribution in [0.1, 0.15) is 56.0 Å². The van der Waals surface area contributed by atoms with Gasteiger partial charge in [-0.2, -0.15) is 0 Å². The monoisotopic (exact) mass is 330 g/mol. The third-order valence-corrected chi connectivity index (χ3v) is 6.32. The summed E-state index contributed by atoms with van der Waals surface area (Å²) in [7, 11) is 0. The van der Waals surface area contributed by atoms with Crippen LogP contribution in [0.25, 0.3) is 10.2 Å². The average molecular weight is 330 g/mol. The third kappa shape index (κ3) is 2.88. The molecule has 1 aromatic carbocycles.